The molecule has 2 aromatic rings. The number of nitrogens with zero attached hydrogens (tertiary/aromatic N) is 1. The molecule has 34 heavy (non-hydrogen) atoms. The molecule has 1 atom stereocenters. The molecular formula is C22H23Cl3N4O5. The van der Waals surface area contributed by atoms with Crippen LogP contribution in [-0.4, -0.2) is 55.0 Å². The number of esters is 1. The Bertz CT molecular complexity index is 1100. The Kier molecular flexibility index (Phi) is 9.97. The first-order valence-corrected chi connectivity index (χ1v) is 11.2. The predicted octanol–water partition coefficient (Wildman–Crippen LogP) is 3.50. The van der Waals surface area contributed by atoms with Crippen molar-refractivity contribution in [3.05, 3.63) is 62.6 Å². The van der Waals surface area contributed by atoms with Gasteiger partial charge in [-0.25, -0.2) is 9.59 Å². The summed E-state index contributed by atoms with van der Waals surface area (Å²) in [4.78, 5) is 50.3. The molecule has 0 fully saturated rings. The lowest BCUT2D eigenvalue weighted by atomic mass is 10.1. The van der Waals surface area contributed by atoms with E-state index in [1.165, 1.54) is 19.2 Å². The van der Waals surface area contributed by atoms with Crippen molar-refractivity contribution in [3.63, 3.8) is 0 Å². The van der Waals surface area contributed by atoms with Gasteiger partial charge in [-0.1, -0.05) is 46.9 Å². The van der Waals surface area contributed by atoms with E-state index in [4.69, 9.17) is 45.3 Å². The SMILES string of the molecule is CCOC(=O)[C@H](CNC(N)=O)N(C)C(=O)c1c(Cl)ccc(NC(=O)Cc2cccc(Cl)c2)c1Cl. The topological polar surface area (TPSA) is 131 Å². The summed E-state index contributed by atoms with van der Waals surface area (Å²) in [6.07, 6.45) is 0.0203. The zero-order valence-electron chi connectivity index (χ0n) is 18.4. The molecule has 0 heterocycles. The minimum atomic E-state index is -1.20. The standard InChI is InChI=1S/C22H23Cl3N4O5/c1-3-34-21(32)16(11-27-22(26)33)29(2)20(31)18-14(24)7-8-15(19(18)25)28-17(30)10-12-5-4-6-13(23)9-12/h4-9,16H,3,10-11H2,1-2H3,(H,28,30)(H3,26,27,33)/t16-/m0/s1. The number of halogens is 3. The van der Waals surface area contributed by atoms with E-state index in [0.29, 0.717) is 10.6 Å². The van der Waals surface area contributed by atoms with E-state index in [1.807, 2.05) is 0 Å². The van der Waals surface area contributed by atoms with E-state index in [9.17, 15) is 19.2 Å². The van der Waals surface area contributed by atoms with Crippen molar-refractivity contribution < 1.29 is 23.9 Å². The van der Waals surface area contributed by atoms with Crippen molar-refractivity contribution >= 4 is 64.3 Å². The zero-order chi connectivity index (χ0) is 25.4. The van der Waals surface area contributed by atoms with Gasteiger partial charge in [0, 0.05) is 12.1 Å². The fourth-order valence-corrected chi connectivity index (χ4v) is 3.80. The molecule has 0 spiro atoms. The molecule has 4 N–H and O–H groups in total. The van der Waals surface area contributed by atoms with Crippen LogP contribution in [0.5, 0.6) is 0 Å². The van der Waals surface area contributed by atoms with Gasteiger partial charge in [0.25, 0.3) is 5.91 Å². The lowest BCUT2D eigenvalue weighted by Gasteiger charge is -2.27. The molecule has 0 saturated carbocycles. The maximum atomic E-state index is 13.2. The molecule has 4 amide bonds. The number of hydrogen-bond donors (Lipinski definition) is 3. The van der Waals surface area contributed by atoms with Gasteiger partial charge in [-0.3, -0.25) is 9.59 Å². The fraction of sp³-hybridized carbons (Fsp3) is 0.273. The maximum Gasteiger partial charge on any atom is 0.330 e. The summed E-state index contributed by atoms with van der Waals surface area (Å²) in [7, 11) is 1.32. The molecule has 182 valence electrons. The Morgan fingerprint density at radius 3 is 2.44 bits per heavy atom. The molecular weight excluding hydrogens is 507 g/mol. The number of benzene rings is 2. The Hall–Kier alpha value is -3.01. The number of carbonyl (C=O) groups excluding carboxylic acids is 4. The first-order chi connectivity index (χ1) is 16.0. The summed E-state index contributed by atoms with van der Waals surface area (Å²) in [5.41, 5.74) is 5.78. The molecule has 0 unspecified atom stereocenters. The van der Waals surface area contributed by atoms with Crippen molar-refractivity contribution in [2.45, 2.75) is 19.4 Å². The molecule has 0 bridgehead atoms. The largest absolute Gasteiger partial charge is 0.464 e. The van der Waals surface area contributed by atoms with Crippen LogP contribution in [0.4, 0.5) is 10.5 Å². The summed E-state index contributed by atoms with van der Waals surface area (Å²) < 4.78 is 4.99. The zero-order valence-corrected chi connectivity index (χ0v) is 20.6. The highest BCUT2D eigenvalue weighted by atomic mass is 35.5. The number of amides is 4. The van der Waals surface area contributed by atoms with E-state index in [0.717, 1.165) is 4.90 Å². The van der Waals surface area contributed by atoms with Crippen LogP contribution < -0.4 is 16.4 Å². The Balaban J connectivity index is 2.28. The van der Waals surface area contributed by atoms with Crippen LogP contribution in [0.2, 0.25) is 15.1 Å². The van der Waals surface area contributed by atoms with Gasteiger partial charge in [-0.2, -0.15) is 0 Å². The van der Waals surface area contributed by atoms with Gasteiger partial charge in [0.05, 0.1) is 40.9 Å². The molecule has 0 aromatic heterocycles. The van der Waals surface area contributed by atoms with Crippen LogP contribution in [0.3, 0.4) is 0 Å². The average Bonchev–Trinajstić information content (AvgIpc) is 2.75. The van der Waals surface area contributed by atoms with Crippen LogP contribution >= 0.6 is 34.8 Å². The van der Waals surface area contributed by atoms with Gasteiger partial charge in [-0.15, -0.1) is 0 Å². The molecule has 2 rings (SSSR count). The molecule has 0 saturated heterocycles. The molecule has 0 aliphatic rings. The highest BCUT2D eigenvalue weighted by Crippen LogP contribution is 2.33. The molecule has 0 radical (unpaired) electrons. The number of ether oxygens (including phenoxy) is 1. The number of nitrogens with two attached hydrogens (primary N) is 1. The van der Waals surface area contributed by atoms with E-state index >= 15 is 0 Å². The number of rotatable bonds is 9. The number of nitrogens with one attached hydrogen (secondary N) is 2. The number of hydrogen-bond acceptors (Lipinski definition) is 5. The molecule has 2 aromatic carbocycles. The maximum absolute atomic E-state index is 13.2. The van der Waals surface area contributed by atoms with Crippen LogP contribution in [-0.2, 0) is 20.7 Å². The first kappa shape index (κ1) is 27.2. The van der Waals surface area contributed by atoms with E-state index in [-0.39, 0.29) is 40.9 Å². The van der Waals surface area contributed by atoms with Crippen LogP contribution in [0.25, 0.3) is 0 Å². The Labute approximate surface area is 211 Å². The summed E-state index contributed by atoms with van der Waals surface area (Å²) in [6.45, 7) is 1.37. The van der Waals surface area contributed by atoms with Crippen molar-refractivity contribution in [1.82, 2.24) is 10.2 Å². The van der Waals surface area contributed by atoms with Crippen LogP contribution in [0, 0.1) is 0 Å². The summed E-state index contributed by atoms with van der Waals surface area (Å²) in [6, 6.07) is 7.58. The summed E-state index contributed by atoms with van der Waals surface area (Å²) in [5, 5.41) is 5.30. The van der Waals surface area contributed by atoms with E-state index < -0.39 is 29.9 Å². The van der Waals surface area contributed by atoms with E-state index in [2.05, 4.69) is 10.6 Å². The Morgan fingerprint density at radius 2 is 1.82 bits per heavy atom. The molecule has 0 aliphatic heterocycles. The molecule has 12 heteroatoms. The molecule has 0 aliphatic carbocycles. The number of urea groups is 1. The highest BCUT2D eigenvalue weighted by molar-refractivity contribution is 6.41. The second kappa shape index (κ2) is 12.5. The van der Waals surface area contributed by atoms with E-state index in [1.54, 1.807) is 31.2 Å². The van der Waals surface area contributed by atoms with Crippen LogP contribution in [0.15, 0.2) is 36.4 Å². The first-order valence-electron chi connectivity index (χ1n) is 10.0. The van der Waals surface area contributed by atoms with Gasteiger partial charge < -0.3 is 26.0 Å². The third kappa shape index (κ3) is 7.24. The third-order valence-corrected chi connectivity index (χ3v) is 5.59. The molecule has 9 nitrogen and oxygen atoms in total. The van der Waals surface area contributed by atoms with Gasteiger partial charge >= 0.3 is 12.0 Å². The van der Waals surface area contributed by atoms with Crippen molar-refractivity contribution in [1.29, 1.82) is 0 Å². The van der Waals surface area contributed by atoms with Gasteiger partial charge in [-0.05, 0) is 36.8 Å². The normalized spacial score (nSPS) is 11.3. The minimum absolute atomic E-state index is 0.000148. The smallest absolute Gasteiger partial charge is 0.330 e. The summed E-state index contributed by atoms with van der Waals surface area (Å²) >= 11 is 18.6. The average molecular weight is 530 g/mol. The van der Waals surface area contributed by atoms with Crippen molar-refractivity contribution in [3.8, 4) is 0 Å². The second-order valence-electron chi connectivity index (χ2n) is 7.07. The predicted molar refractivity (Wildman–Crippen MR) is 130 cm³/mol. The number of anilines is 1. The third-order valence-electron chi connectivity index (χ3n) is 4.65. The van der Waals surface area contributed by atoms with Gasteiger partial charge in [0.1, 0.15) is 6.04 Å². The summed E-state index contributed by atoms with van der Waals surface area (Å²) in [5.74, 6) is -1.89. The number of likely N-dealkylation sites (N-methyl/N-ethyl adjacent to an activating group) is 1. The number of carbonyl (C=O) groups is 4. The second-order valence-corrected chi connectivity index (χ2v) is 8.29. The van der Waals surface area contributed by atoms with Crippen molar-refractivity contribution in [2.75, 3.05) is 25.5 Å². The van der Waals surface area contributed by atoms with Crippen LogP contribution in [0.1, 0.15) is 22.8 Å². The minimum Gasteiger partial charge on any atom is -0.464 e. The monoisotopic (exact) mass is 528 g/mol. The lowest BCUT2D eigenvalue weighted by Crippen LogP contribution is -2.51. The fourth-order valence-electron chi connectivity index (χ4n) is 3.00. The number of primary amides is 1. The lowest BCUT2D eigenvalue weighted by molar-refractivity contribution is -0.147. The van der Waals surface area contributed by atoms with Gasteiger partial charge in [0.2, 0.25) is 5.91 Å². The van der Waals surface area contributed by atoms with Crippen molar-refractivity contribution in [2.24, 2.45) is 5.73 Å². The highest BCUT2D eigenvalue weighted by Gasteiger charge is 2.32. The van der Waals surface area contributed by atoms with Gasteiger partial charge in [0.15, 0.2) is 0 Å². The quantitative estimate of drug-likeness (QED) is 0.428. The Morgan fingerprint density at radius 1 is 1.12 bits per heavy atom.